The van der Waals surface area contributed by atoms with Crippen molar-refractivity contribution in [2.24, 2.45) is 11.1 Å². The maximum Gasteiger partial charge on any atom is 0.333 e. The lowest BCUT2D eigenvalue weighted by atomic mass is 10.1. The highest BCUT2D eigenvalue weighted by molar-refractivity contribution is 7.84. The van der Waals surface area contributed by atoms with Gasteiger partial charge in [0.05, 0.1) is 6.61 Å². The van der Waals surface area contributed by atoms with Crippen molar-refractivity contribution in [1.29, 1.82) is 0 Å². The zero-order valence-corrected chi connectivity index (χ0v) is 16.1. The maximum absolute atomic E-state index is 10.9. The summed E-state index contributed by atoms with van der Waals surface area (Å²) in [5.74, 6) is 1.77. The van der Waals surface area contributed by atoms with Crippen molar-refractivity contribution in [3.8, 4) is 0 Å². The van der Waals surface area contributed by atoms with Crippen LogP contribution >= 0.6 is 0 Å². The maximum atomic E-state index is 10.9. The van der Waals surface area contributed by atoms with Gasteiger partial charge in [0.1, 0.15) is 18.0 Å². The van der Waals surface area contributed by atoms with Crippen molar-refractivity contribution in [3.63, 3.8) is 0 Å². The van der Waals surface area contributed by atoms with Crippen LogP contribution in [-0.2, 0) is 21.0 Å². The molecular weight excluding hydrogens is 366 g/mol. The van der Waals surface area contributed by atoms with Gasteiger partial charge in [-0.1, -0.05) is 30.3 Å². The van der Waals surface area contributed by atoms with E-state index in [0.717, 1.165) is 37.4 Å². The number of benzene rings is 1. The molecule has 0 spiro atoms. The molecule has 3 N–H and O–H groups in total. The van der Waals surface area contributed by atoms with Crippen LogP contribution in [-0.4, -0.2) is 38.1 Å². The standard InChI is InChI=1S/C18H25N5O3S/c1-23(11-14-5-3-2-4-6-14)18-10-17(20-13-21-18)22-16-8-7-15(9-16)12-26-27(19,24)25/h2-6,10,13,15-16H,7-9,11-12H2,1H3,(H2,19,24,25)(H,20,21,22)/t15-,16+/m1/s1. The number of rotatable bonds is 8. The fourth-order valence-electron chi connectivity index (χ4n) is 3.33. The Morgan fingerprint density at radius 1 is 1.26 bits per heavy atom. The van der Waals surface area contributed by atoms with Crippen molar-refractivity contribution < 1.29 is 12.6 Å². The van der Waals surface area contributed by atoms with Gasteiger partial charge in [0.15, 0.2) is 0 Å². The van der Waals surface area contributed by atoms with Crippen LogP contribution < -0.4 is 15.4 Å². The van der Waals surface area contributed by atoms with Gasteiger partial charge in [-0.3, -0.25) is 4.18 Å². The third-order valence-electron chi connectivity index (χ3n) is 4.67. The Morgan fingerprint density at radius 2 is 2.04 bits per heavy atom. The number of aromatic nitrogens is 2. The van der Waals surface area contributed by atoms with E-state index in [-0.39, 0.29) is 18.6 Å². The Morgan fingerprint density at radius 3 is 2.78 bits per heavy atom. The van der Waals surface area contributed by atoms with Crippen LogP contribution in [0.1, 0.15) is 24.8 Å². The van der Waals surface area contributed by atoms with Crippen molar-refractivity contribution >= 4 is 21.9 Å². The van der Waals surface area contributed by atoms with Crippen LogP contribution in [0, 0.1) is 5.92 Å². The molecule has 0 radical (unpaired) electrons. The lowest BCUT2D eigenvalue weighted by molar-refractivity contribution is 0.256. The monoisotopic (exact) mass is 391 g/mol. The lowest BCUT2D eigenvalue weighted by Gasteiger charge is -2.20. The number of hydrogen-bond acceptors (Lipinski definition) is 7. The van der Waals surface area contributed by atoms with E-state index in [0.29, 0.717) is 0 Å². The summed E-state index contributed by atoms with van der Waals surface area (Å²) >= 11 is 0. The first-order chi connectivity index (χ1) is 12.9. The summed E-state index contributed by atoms with van der Waals surface area (Å²) in [5.41, 5.74) is 1.21. The SMILES string of the molecule is CN(Cc1ccccc1)c1cc(N[C@H]2CC[C@@H](COS(N)(=O)=O)C2)ncn1. The first-order valence-corrected chi connectivity index (χ1v) is 10.4. The summed E-state index contributed by atoms with van der Waals surface area (Å²) in [5, 5.41) is 8.30. The average molecular weight is 391 g/mol. The minimum atomic E-state index is -3.88. The minimum Gasteiger partial charge on any atom is -0.367 e. The molecule has 0 unspecified atom stereocenters. The van der Waals surface area contributed by atoms with E-state index in [2.05, 4.69) is 32.3 Å². The number of nitrogens with two attached hydrogens (primary N) is 1. The molecule has 0 amide bonds. The predicted molar refractivity (Wildman–Crippen MR) is 104 cm³/mol. The van der Waals surface area contributed by atoms with Gasteiger partial charge in [-0.05, 0) is 30.7 Å². The minimum absolute atomic E-state index is 0.131. The molecule has 2 aromatic rings. The summed E-state index contributed by atoms with van der Waals surface area (Å²) in [6.45, 7) is 0.888. The molecule has 2 atom stereocenters. The molecule has 146 valence electrons. The van der Waals surface area contributed by atoms with Crippen LogP contribution in [0.2, 0.25) is 0 Å². The summed E-state index contributed by atoms with van der Waals surface area (Å²) in [7, 11) is -1.88. The normalized spacial score (nSPS) is 19.8. The summed E-state index contributed by atoms with van der Waals surface area (Å²) in [6.07, 6.45) is 4.18. The second kappa shape index (κ2) is 8.64. The van der Waals surface area contributed by atoms with E-state index in [1.165, 1.54) is 5.56 Å². The van der Waals surface area contributed by atoms with Gasteiger partial charge >= 0.3 is 10.3 Å². The van der Waals surface area contributed by atoms with E-state index in [1.807, 2.05) is 31.3 Å². The molecule has 27 heavy (non-hydrogen) atoms. The van der Waals surface area contributed by atoms with E-state index in [4.69, 9.17) is 9.32 Å². The van der Waals surface area contributed by atoms with Crippen molar-refractivity contribution in [1.82, 2.24) is 9.97 Å². The Kier molecular flexibility index (Phi) is 6.25. The number of nitrogens with zero attached hydrogens (tertiary/aromatic N) is 3. The second-order valence-electron chi connectivity index (χ2n) is 6.90. The largest absolute Gasteiger partial charge is 0.367 e. The molecule has 1 aromatic carbocycles. The number of nitrogens with one attached hydrogen (secondary N) is 1. The third-order valence-corrected chi connectivity index (χ3v) is 5.13. The summed E-state index contributed by atoms with van der Waals surface area (Å²) < 4.78 is 26.5. The fourth-order valence-corrected chi connectivity index (χ4v) is 3.71. The third kappa shape index (κ3) is 6.16. The molecule has 3 rings (SSSR count). The van der Waals surface area contributed by atoms with Gasteiger partial charge in [-0.2, -0.15) is 8.42 Å². The highest BCUT2D eigenvalue weighted by Crippen LogP contribution is 2.28. The Hall–Kier alpha value is -2.23. The van der Waals surface area contributed by atoms with Gasteiger partial charge in [-0.25, -0.2) is 15.1 Å². The molecule has 1 heterocycles. The van der Waals surface area contributed by atoms with Crippen LogP contribution in [0.4, 0.5) is 11.6 Å². The molecular formula is C18H25N5O3S. The molecule has 0 bridgehead atoms. The Labute approximate surface area is 160 Å². The number of anilines is 2. The second-order valence-corrected chi connectivity index (χ2v) is 8.12. The smallest absolute Gasteiger partial charge is 0.333 e. The van der Waals surface area contributed by atoms with Crippen LogP contribution in [0.5, 0.6) is 0 Å². The Balaban J connectivity index is 1.55. The topological polar surface area (TPSA) is 110 Å². The highest BCUT2D eigenvalue weighted by Gasteiger charge is 2.26. The Bertz CT molecular complexity index is 847. The molecule has 0 aliphatic heterocycles. The van der Waals surface area contributed by atoms with Gasteiger partial charge in [0.2, 0.25) is 0 Å². The first-order valence-electron chi connectivity index (χ1n) is 8.90. The molecule has 9 heteroatoms. The van der Waals surface area contributed by atoms with Gasteiger partial charge < -0.3 is 10.2 Å². The van der Waals surface area contributed by atoms with Crippen LogP contribution in [0.15, 0.2) is 42.7 Å². The van der Waals surface area contributed by atoms with Gasteiger partial charge in [0.25, 0.3) is 0 Å². The molecule has 1 aromatic heterocycles. The molecule has 1 saturated carbocycles. The summed E-state index contributed by atoms with van der Waals surface area (Å²) in [4.78, 5) is 10.7. The number of hydrogen-bond donors (Lipinski definition) is 2. The highest BCUT2D eigenvalue weighted by atomic mass is 32.2. The van der Waals surface area contributed by atoms with Crippen molar-refractivity contribution in [2.75, 3.05) is 23.9 Å². The predicted octanol–water partition coefficient (Wildman–Crippen LogP) is 1.91. The van der Waals surface area contributed by atoms with E-state index < -0.39 is 10.3 Å². The molecule has 1 fully saturated rings. The van der Waals surface area contributed by atoms with Gasteiger partial charge in [-0.15, -0.1) is 0 Å². The molecule has 8 nitrogen and oxygen atoms in total. The molecule has 0 saturated heterocycles. The van der Waals surface area contributed by atoms with E-state index in [9.17, 15) is 8.42 Å². The van der Waals surface area contributed by atoms with Crippen molar-refractivity contribution in [3.05, 3.63) is 48.3 Å². The van der Waals surface area contributed by atoms with Crippen molar-refractivity contribution in [2.45, 2.75) is 31.8 Å². The first kappa shape index (κ1) is 19.5. The molecule has 1 aliphatic rings. The zero-order valence-electron chi connectivity index (χ0n) is 15.3. The zero-order chi connectivity index (χ0) is 19.3. The quantitative estimate of drug-likeness (QED) is 0.707. The fraction of sp³-hybridized carbons (Fsp3) is 0.444. The summed E-state index contributed by atoms with van der Waals surface area (Å²) in [6, 6.07) is 12.4. The van der Waals surface area contributed by atoms with E-state index in [1.54, 1.807) is 6.33 Å². The lowest BCUT2D eigenvalue weighted by Crippen LogP contribution is -2.22. The average Bonchev–Trinajstić information content (AvgIpc) is 3.08. The van der Waals surface area contributed by atoms with Crippen LogP contribution in [0.25, 0.3) is 0 Å². The molecule has 1 aliphatic carbocycles. The van der Waals surface area contributed by atoms with E-state index >= 15 is 0 Å². The van der Waals surface area contributed by atoms with Crippen LogP contribution in [0.3, 0.4) is 0 Å². The van der Waals surface area contributed by atoms with Gasteiger partial charge in [0, 0.05) is 25.7 Å².